The van der Waals surface area contributed by atoms with E-state index in [1.807, 2.05) is 0 Å². The van der Waals surface area contributed by atoms with Gasteiger partial charge in [-0.3, -0.25) is 37.3 Å². The van der Waals surface area contributed by atoms with Crippen molar-refractivity contribution in [1.29, 1.82) is 0 Å². The van der Waals surface area contributed by atoms with Crippen molar-refractivity contribution >= 4 is 39.5 Å². The molecule has 0 fully saturated rings. The van der Waals surface area contributed by atoms with Crippen molar-refractivity contribution in [2.45, 2.75) is 394 Å². The zero-order valence-corrected chi connectivity index (χ0v) is 62.5. The Bertz CT molecular complexity index is 1820. The minimum Gasteiger partial charge on any atom is -0.462 e. The van der Waals surface area contributed by atoms with Gasteiger partial charge in [0.15, 0.2) is 12.2 Å². The molecule has 0 spiro atoms. The van der Waals surface area contributed by atoms with E-state index in [9.17, 15) is 43.2 Å². The van der Waals surface area contributed by atoms with Crippen molar-refractivity contribution in [2.75, 3.05) is 39.6 Å². The van der Waals surface area contributed by atoms with Gasteiger partial charge in [0.05, 0.1) is 26.4 Å². The third kappa shape index (κ3) is 68.4. The number of carbonyl (C=O) groups excluding carboxylic acids is 4. The van der Waals surface area contributed by atoms with Crippen LogP contribution >= 0.6 is 15.6 Å². The smallest absolute Gasteiger partial charge is 0.462 e. The summed E-state index contributed by atoms with van der Waals surface area (Å²) in [7, 11) is -9.91. The van der Waals surface area contributed by atoms with Gasteiger partial charge < -0.3 is 33.8 Å². The minimum atomic E-state index is -4.96. The SMILES string of the molecule is CCCCCCCCCCCCCC(=O)OC[C@H](COP(=O)(O)OC[C@H](O)COP(=O)(O)OC[C@@H](COC(=O)CCCCCCCCCCCC(C)C)OC(=O)CCCCCCCCCCCCCCCCCCC(C)C)OC(=O)CCCCCCCCCCC(C)C. The lowest BCUT2D eigenvalue weighted by Gasteiger charge is -2.21. The van der Waals surface area contributed by atoms with Gasteiger partial charge in [-0.15, -0.1) is 0 Å². The molecule has 0 aliphatic rings. The van der Waals surface area contributed by atoms with Crippen LogP contribution in [0.4, 0.5) is 0 Å². The van der Waals surface area contributed by atoms with E-state index in [4.69, 9.17) is 37.0 Å². The molecule has 0 saturated carbocycles. The molecule has 3 N–H and O–H groups in total. The predicted molar refractivity (Wildman–Crippen MR) is 377 cm³/mol. The van der Waals surface area contributed by atoms with Crippen LogP contribution in [0.1, 0.15) is 376 Å². The zero-order chi connectivity index (χ0) is 68.7. The maximum absolute atomic E-state index is 13.1. The Kier molecular flexibility index (Phi) is 63.4. The fourth-order valence-electron chi connectivity index (χ4n) is 11.2. The molecule has 0 aromatic heterocycles. The van der Waals surface area contributed by atoms with Gasteiger partial charge in [-0.25, -0.2) is 9.13 Å². The first-order valence-electron chi connectivity index (χ1n) is 38.3. The van der Waals surface area contributed by atoms with Gasteiger partial charge in [0.25, 0.3) is 0 Å². The molecule has 552 valence electrons. The highest BCUT2D eigenvalue weighted by Gasteiger charge is 2.30. The summed E-state index contributed by atoms with van der Waals surface area (Å²) in [6.07, 6.45) is 50.0. The summed E-state index contributed by atoms with van der Waals surface area (Å²) in [6.45, 7) is 11.8. The van der Waals surface area contributed by atoms with Crippen LogP contribution < -0.4 is 0 Å². The molecule has 93 heavy (non-hydrogen) atoms. The lowest BCUT2D eigenvalue weighted by Crippen LogP contribution is -2.30. The highest BCUT2D eigenvalue weighted by atomic mass is 31.2. The number of rotatable bonds is 72. The second kappa shape index (κ2) is 64.7. The normalized spacial score (nSPS) is 14.1. The molecular formula is C74H144O17P2. The van der Waals surface area contributed by atoms with Crippen molar-refractivity contribution in [3.63, 3.8) is 0 Å². The first-order chi connectivity index (χ1) is 44.7. The number of aliphatic hydroxyl groups excluding tert-OH is 1. The lowest BCUT2D eigenvalue weighted by molar-refractivity contribution is -0.161. The lowest BCUT2D eigenvalue weighted by atomic mass is 10.0. The van der Waals surface area contributed by atoms with E-state index in [1.54, 1.807) is 0 Å². The monoisotopic (exact) mass is 1370 g/mol. The van der Waals surface area contributed by atoms with E-state index in [0.717, 1.165) is 108 Å². The van der Waals surface area contributed by atoms with Crippen LogP contribution in [-0.4, -0.2) is 96.7 Å². The van der Waals surface area contributed by atoms with Crippen molar-refractivity contribution in [3.8, 4) is 0 Å². The zero-order valence-electron chi connectivity index (χ0n) is 60.7. The molecule has 2 unspecified atom stereocenters. The van der Waals surface area contributed by atoms with E-state index in [2.05, 4.69) is 48.5 Å². The topological polar surface area (TPSA) is 237 Å². The Morgan fingerprint density at radius 1 is 0.290 bits per heavy atom. The number of ether oxygens (including phenoxy) is 4. The molecule has 0 amide bonds. The van der Waals surface area contributed by atoms with E-state index in [1.165, 1.54) is 186 Å². The molecule has 0 aromatic carbocycles. The molecule has 0 heterocycles. The van der Waals surface area contributed by atoms with E-state index in [0.29, 0.717) is 25.7 Å². The summed E-state index contributed by atoms with van der Waals surface area (Å²) in [5.74, 6) is 0.149. The number of unbranched alkanes of at least 4 members (excludes halogenated alkanes) is 40. The van der Waals surface area contributed by atoms with Gasteiger partial charge in [-0.05, 0) is 43.4 Å². The first-order valence-corrected chi connectivity index (χ1v) is 41.3. The van der Waals surface area contributed by atoms with Gasteiger partial charge in [0.2, 0.25) is 0 Å². The van der Waals surface area contributed by atoms with Gasteiger partial charge >= 0.3 is 39.5 Å². The number of phosphoric ester groups is 2. The number of aliphatic hydroxyl groups is 1. The van der Waals surface area contributed by atoms with Crippen LogP contribution in [0.25, 0.3) is 0 Å². The van der Waals surface area contributed by atoms with Crippen molar-refractivity contribution in [1.82, 2.24) is 0 Å². The quantitative estimate of drug-likeness (QED) is 0.0222. The summed E-state index contributed by atoms with van der Waals surface area (Å²) in [5, 5.41) is 10.6. The number of esters is 4. The molecule has 5 atom stereocenters. The third-order valence-corrected chi connectivity index (χ3v) is 19.0. The Morgan fingerprint density at radius 2 is 0.495 bits per heavy atom. The van der Waals surface area contributed by atoms with E-state index < -0.39 is 97.5 Å². The summed E-state index contributed by atoms with van der Waals surface area (Å²) >= 11 is 0. The summed E-state index contributed by atoms with van der Waals surface area (Å²) in [5.41, 5.74) is 0. The van der Waals surface area contributed by atoms with Crippen molar-refractivity contribution in [2.24, 2.45) is 17.8 Å². The summed E-state index contributed by atoms with van der Waals surface area (Å²) < 4.78 is 68.4. The third-order valence-electron chi connectivity index (χ3n) is 17.1. The summed E-state index contributed by atoms with van der Waals surface area (Å²) in [4.78, 5) is 72.7. The number of hydrogen-bond acceptors (Lipinski definition) is 15. The predicted octanol–water partition coefficient (Wildman–Crippen LogP) is 21.4. The summed E-state index contributed by atoms with van der Waals surface area (Å²) in [6, 6.07) is 0. The number of carbonyl (C=O) groups is 4. The van der Waals surface area contributed by atoms with Crippen molar-refractivity contribution < 1.29 is 80.2 Å². The van der Waals surface area contributed by atoms with Crippen molar-refractivity contribution in [3.05, 3.63) is 0 Å². The van der Waals surface area contributed by atoms with Crippen LogP contribution in [0.5, 0.6) is 0 Å². The highest BCUT2D eigenvalue weighted by molar-refractivity contribution is 7.47. The Morgan fingerprint density at radius 3 is 0.731 bits per heavy atom. The Labute approximate surface area is 568 Å². The van der Waals surface area contributed by atoms with Gasteiger partial charge in [0, 0.05) is 25.7 Å². The second-order valence-electron chi connectivity index (χ2n) is 28.1. The fraction of sp³-hybridized carbons (Fsp3) is 0.946. The molecular weight excluding hydrogens is 1220 g/mol. The van der Waals surface area contributed by atoms with E-state index in [-0.39, 0.29) is 25.7 Å². The van der Waals surface area contributed by atoms with Crippen LogP contribution in [0, 0.1) is 17.8 Å². The molecule has 0 saturated heterocycles. The van der Waals surface area contributed by atoms with E-state index >= 15 is 0 Å². The van der Waals surface area contributed by atoms with Crippen LogP contribution in [0.3, 0.4) is 0 Å². The molecule has 0 rings (SSSR count). The first kappa shape index (κ1) is 91.1. The Hall–Kier alpha value is -1.94. The largest absolute Gasteiger partial charge is 0.472 e. The molecule has 0 bridgehead atoms. The average Bonchev–Trinajstić information content (AvgIpc) is 2.40. The fourth-order valence-corrected chi connectivity index (χ4v) is 12.8. The van der Waals surface area contributed by atoms with Crippen LogP contribution in [0.2, 0.25) is 0 Å². The van der Waals surface area contributed by atoms with Gasteiger partial charge in [-0.2, -0.15) is 0 Å². The maximum Gasteiger partial charge on any atom is 0.472 e. The minimum absolute atomic E-state index is 0.105. The second-order valence-corrected chi connectivity index (χ2v) is 31.0. The number of hydrogen-bond donors (Lipinski definition) is 3. The average molecular weight is 1370 g/mol. The maximum atomic E-state index is 13.1. The molecule has 0 aromatic rings. The van der Waals surface area contributed by atoms with Gasteiger partial charge in [-0.1, -0.05) is 325 Å². The standard InChI is InChI=1S/C74H144O17P2/c1-8-9-10-11-12-13-20-26-34-41-48-55-71(76)84-62-70(91-74(79)58-51-44-37-30-29-33-40-47-54-67(6)7)64-89-93(82,83)87-60-68(75)59-86-92(80,81)88-63-69(61-85-72(77)56-49-42-35-28-23-25-32-39-46-53-66(4)5)90-73(78)57-50-43-36-27-22-19-17-15-14-16-18-21-24-31-38-45-52-65(2)3/h65-70,75H,8-64H2,1-7H3,(H,80,81)(H,82,83)/t68-,69-,70-/m1/s1. The van der Waals surface area contributed by atoms with Gasteiger partial charge in [0.1, 0.15) is 19.3 Å². The molecule has 0 radical (unpaired) electrons. The Balaban J connectivity index is 5.22. The highest BCUT2D eigenvalue weighted by Crippen LogP contribution is 2.45. The molecule has 17 nitrogen and oxygen atoms in total. The van der Waals surface area contributed by atoms with Crippen LogP contribution in [-0.2, 0) is 65.4 Å². The number of phosphoric acid groups is 2. The van der Waals surface area contributed by atoms with Crippen LogP contribution in [0.15, 0.2) is 0 Å². The molecule has 19 heteroatoms. The molecule has 0 aliphatic heterocycles. The molecule has 0 aliphatic carbocycles.